The van der Waals surface area contributed by atoms with Gasteiger partial charge in [-0.25, -0.2) is 0 Å². The molecular weight excluding hydrogens is 467 g/mol. The number of Topliss-reactive ketones (excluding diaryl/α,β-unsaturated/α-hetero) is 1. The number of carbonyl (C=O) groups excluding carboxylic acids is 1. The van der Waals surface area contributed by atoms with Crippen molar-refractivity contribution >= 4 is 46.3 Å². The molecule has 6 heteroatoms. The summed E-state index contributed by atoms with van der Waals surface area (Å²) in [4.78, 5) is 15.2. The van der Waals surface area contributed by atoms with E-state index in [1.165, 1.54) is 0 Å². The first kappa shape index (κ1) is 22.5. The fraction of sp³-hybridized carbons (Fsp3) is 0.143. The fourth-order valence-corrected chi connectivity index (χ4v) is 5.29. The Balaban J connectivity index is 1.86. The van der Waals surface area contributed by atoms with Crippen molar-refractivity contribution < 1.29 is 9.90 Å². The van der Waals surface area contributed by atoms with E-state index in [9.17, 15) is 15.3 Å². The lowest BCUT2D eigenvalue weighted by molar-refractivity contribution is -0.116. The van der Waals surface area contributed by atoms with Gasteiger partial charge in [0.05, 0.1) is 0 Å². The summed E-state index contributed by atoms with van der Waals surface area (Å²) in [6.07, 6.45) is 1.74. The van der Waals surface area contributed by atoms with Gasteiger partial charge in [-0.1, -0.05) is 77.8 Å². The third-order valence-corrected chi connectivity index (χ3v) is 6.92. The molecule has 0 bridgehead atoms. The van der Waals surface area contributed by atoms with Crippen molar-refractivity contribution in [3.63, 3.8) is 0 Å². The summed E-state index contributed by atoms with van der Waals surface area (Å²) in [5, 5.41) is 21.9. The summed E-state index contributed by atoms with van der Waals surface area (Å²) in [6.45, 7) is 0. The van der Waals surface area contributed by atoms with Crippen LogP contribution < -0.4 is 4.90 Å². The number of carbonyl (C=O) groups is 1. The Kier molecular flexibility index (Phi) is 6.03. The first-order valence-corrected chi connectivity index (χ1v) is 11.9. The third-order valence-electron chi connectivity index (χ3n) is 6.34. The maximum absolute atomic E-state index is 13.5. The molecule has 3 aromatic carbocycles. The molecule has 2 N–H and O–H groups in total. The highest BCUT2D eigenvalue weighted by Crippen LogP contribution is 2.49. The predicted octanol–water partition coefficient (Wildman–Crippen LogP) is 7.55. The third kappa shape index (κ3) is 3.83. The fourth-order valence-electron chi connectivity index (χ4n) is 4.86. The zero-order valence-electron chi connectivity index (χ0n) is 18.3. The molecule has 3 aromatic rings. The van der Waals surface area contributed by atoms with Gasteiger partial charge in [-0.05, 0) is 42.7 Å². The van der Waals surface area contributed by atoms with E-state index in [1.807, 2.05) is 48.5 Å². The van der Waals surface area contributed by atoms with Gasteiger partial charge in [0.15, 0.2) is 5.78 Å². The number of amidine groups is 1. The predicted molar refractivity (Wildman–Crippen MR) is 138 cm³/mol. The Morgan fingerprint density at radius 3 is 2.41 bits per heavy atom. The number of hydrogen-bond acceptors (Lipinski definition) is 3. The zero-order chi connectivity index (χ0) is 23.8. The number of allylic oxidation sites excluding steroid dienone is 2. The molecule has 1 aliphatic carbocycles. The van der Waals surface area contributed by atoms with Crippen molar-refractivity contribution in [1.82, 2.24) is 0 Å². The maximum atomic E-state index is 13.5. The van der Waals surface area contributed by atoms with Crippen molar-refractivity contribution in [3.05, 3.63) is 117 Å². The number of ketones is 1. The van der Waals surface area contributed by atoms with E-state index in [1.54, 1.807) is 35.2 Å². The minimum atomic E-state index is -0.653. The minimum Gasteiger partial charge on any atom is -0.507 e. The number of aliphatic hydroxyl groups excluding tert-OH is 1. The molecule has 0 spiro atoms. The van der Waals surface area contributed by atoms with Gasteiger partial charge in [-0.2, -0.15) is 0 Å². The van der Waals surface area contributed by atoms with Crippen LogP contribution in [-0.4, -0.2) is 16.7 Å². The molecule has 0 saturated carbocycles. The van der Waals surface area contributed by atoms with Crippen molar-refractivity contribution in [2.75, 3.05) is 4.90 Å². The number of aliphatic hydroxyl groups is 1. The number of rotatable bonds is 3. The van der Waals surface area contributed by atoms with E-state index in [4.69, 9.17) is 23.2 Å². The quantitative estimate of drug-likeness (QED) is 0.374. The van der Waals surface area contributed by atoms with Gasteiger partial charge in [-0.3, -0.25) is 15.1 Å². The number of hydrogen-bond donors (Lipinski definition) is 2. The van der Waals surface area contributed by atoms with E-state index in [-0.39, 0.29) is 17.4 Å². The molecule has 0 aromatic heterocycles. The second-order valence-electron chi connectivity index (χ2n) is 8.38. The van der Waals surface area contributed by atoms with Gasteiger partial charge < -0.3 is 5.11 Å². The monoisotopic (exact) mass is 488 g/mol. The van der Waals surface area contributed by atoms with Crippen LogP contribution in [-0.2, 0) is 4.79 Å². The molecule has 1 unspecified atom stereocenters. The normalized spacial score (nSPS) is 19.8. The lowest BCUT2D eigenvalue weighted by Crippen LogP contribution is -2.42. The van der Waals surface area contributed by atoms with Gasteiger partial charge in [0, 0.05) is 50.5 Å². The maximum Gasteiger partial charge on any atom is 0.161 e. The van der Waals surface area contributed by atoms with Crippen LogP contribution >= 0.6 is 23.2 Å². The number of halogens is 2. The van der Waals surface area contributed by atoms with Crippen molar-refractivity contribution in [1.29, 1.82) is 5.41 Å². The first-order valence-electron chi connectivity index (χ1n) is 11.1. The van der Waals surface area contributed by atoms with Gasteiger partial charge in [-0.15, -0.1) is 0 Å². The molecule has 5 rings (SSSR count). The average molecular weight is 489 g/mol. The second kappa shape index (κ2) is 9.13. The summed E-state index contributed by atoms with van der Waals surface area (Å²) in [6, 6.07) is 23.6. The highest BCUT2D eigenvalue weighted by Gasteiger charge is 2.43. The van der Waals surface area contributed by atoms with Crippen LogP contribution in [0.1, 0.15) is 36.3 Å². The lowest BCUT2D eigenvalue weighted by Gasteiger charge is -2.42. The SMILES string of the molecule is N=C1/C(=C(/O)c2ccccc2)C(c2ccccc2Cl)C2=C(CCCC2=O)N1c1cccc(Cl)c1. The smallest absolute Gasteiger partial charge is 0.161 e. The Bertz CT molecular complexity index is 1360. The summed E-state index contributed by atoms with van der Waals surface area (Å²) >= 11 is 12.9. The van der Waals surface area contributed by atoms with Crippen LogP contribution in [0, 0.1) is 5.41 Å². The average Bonchev–Trinajstić information content (AvgIpc) is 2.84. The molecule has 2 aliphatic rings. The Hall–Kier alpha value is -3.34. The summed E-state index contributed by atoms with van der Waals surface area (Å²) in [5.74, 6) is -0.599. The molecule has 1 atom stereocenters. The Morgan fingerprint density at radius 2 is 1.68 bits per heavy atom. The molecule has 1 aliphatic heterocycles. The molecule has 0 saturated heterocycles. The molecular formula is C28H22Cl2N2O2. The van der Waals surface area contributed by atoms with E-state index in [0.29, 0.717) is 57.3 Å². The van der Waals surface area contributed by atoms with E-state index in [2.05, 4.69) is 0 Å². The lowest BCUT2D eigenvalue weighted by atomic mass is 9.73. The van der Waals surface area contributed by atoms with Crippen molar-refractivity contribution in [2.45, 2.75) is 25.2 Å². The van der Waals surface area contributed by atoms with Crippen LogP contribution in [0.25, 0.3) is 5.76 Å². The van der Waals surface area contributed by atoms with Crippen LogP contribution in [0.5, 0.6) is 0 Å². The van der Waals surface area contributed by atoms with E-state index in [0.717, 1.165) is 5.70 Å². The molecule has 4 nitrogen and oxygen atoms in total. The highest BCUT2D eigenvalue weighted by molar-refractivity contribution is 6.32. The van der Waals surface area contributed by atoms with Crippen LogP contribution in [0.2, 0.25) is 10.0 Å². The van der Waals surface area contributed by atoms with Gasteiger partial charge in [0.1, 0.15) is 11.6 Å². The molecule has 170 valence electrons. The molecule has 0 fully saturated rings. The highest BCUT2D eigenvalue weighted by atomic mass is 35.5. The summed E-state index contributed by atoms with van der Waals surface area (Å²) in [7, 11) is 0. The summed E-state index contributed by atoms with van der Waals surface area (Å²) in [5.41, 5.74) is 3.62. The molecule has 34 heavy (non-hydrogen) atoms. The minimum absolute atomic E-state index is 0.00376. The van der Waals surface area contributed by atoms with Crippen LogP contribution in [0.15, 0.2) is 95.7 Å². The Labute approximate surface area is 208 Å². The largest absolute Gasteiger partial charge is 0.507 e. The standard InChI is InChI=1S/C28H22Cl2N2O2/c29-18-10-6-11-19(16-18)32-22-14-7-15-23(33)25(22)24(20-12-4-5-13-21(20)30)26(28(32)31)27(34)17-8-2-1-3-9-17/h1-6,8-13,16,24,31,34H,7,14-15H2/b27-26+,31-28?. The second-order valence-corrected chi connectivity index (χ2v) is 9.23. The Morgan fingerprint density at radius 1 is 0.941 bits per heavy atom. The van der Waals surface area contributed by atoms with Gasteiger partial charge >= 0.3 is 0 Å². The number of nitrogens with zero attached hydrogens (tertiary/aromatic N) is 1. The number of anilines is 1. The van der Waals surface area contributed by atoms with Crippen molar-refractivity contribution in [2.24, 2.45) is 0 Å². The van der Waals surface area contributed by atoms with E-state index < -0.39 is 5.92 Å². The van der Waals surface area contributed by atoms with Crippen LogP contribution in [0.3, 0.4) is 0 Å². The zero-order valence-corrected chi connectivity index (χ0v) is 19.8. The summed E-state index contributed by atoms with van der Waals surface area (Å²) < 4.78 is 0. The van der Waals surface area contributed by atoms with Crippen molar-refractivity contribution in [3.8, 4) is 0 Å². The van der Waals surface area contributed by atoms with E-state index >= 15 is 0 Å². The number of benzene rings is 3. The molecule has 0 radical (unpaired) electrons. The van der Waals surface area contributed by atoms with Gasteiger partial charge in [0.2, 0.25) is 0 Å². The molecule has 0 amide bonds. The number of nitrogens with one attached hydrogen (secondary N) is 1. The molecule has 1 heterocycles. The first-order chi connectivity index (χ1) is 16.5. The van der Waals surface area contributed by atoms with Gasteiger partial charge in [0.25, 0.3) is 0 Å². The van der Waals surface area contributed by atoms with Crippen LogP contribution in [0.4, 0.5) is 5.69 Å². The topological polar surface area (TPSA) is 64.4 Å².